The van der Waals surface area contributed by atoms with E-state index in [4.69, 9.17) is 21.1 Å². The highest BCUT2D eigenvalue weighted by Gasteiger charge is 2.45. The first-order valence-corrected chi connectivity index (χ1v) is 13.4. The number of rotatable bonds is 6. The van der Waals surface area contributed by atoms with Gasteiger partial charge in [0.2, 0.25) is 0 Å². The van der Waals surface area contributed by atoms with E-state index in [2.05, 4.69) is 10.3 Å². The van der Waals surface area contributed by atoms with Crippen molar-refractivity contribution in [2.45, 2.75) is 59.2 Å². The van der Waals surface area contributed by atoms with Crippen LogP contribution in [0.15, 0.2) is 42.7 Å². The maximum Gasteiger partial charge on any atom is 0.270 e. The molecule has 0 aliphatic carbocycles. The summed E-state index contributed by atoms with van der Waals surface area (Å²) in [6.45, 7) is 9.26. The molecule has 10 heteroatoms. The lowest BCUT2D eigenvalue weighted by atomic mass is 9.87. The molecule has 1 fully saturated rings. The van der Waals surface area contributed by atoms with Crippen molar-refractivity contribution in [2.75, 3.05) is 25.1 Å². The number of nitrogens with one attached hydrogen (secondary N) is 1. The first-order valence-electron chi connectivity index (χ1n) is 13.1. The molecule has 0 unspecified atom stereocenters. The molecular weight excluding hydrogens is 523 g/mol. The summed E-state index contributed by atoms with van der Waals surface area (Å²) >= 11 is 6.56. The Bertz CT molecular complexity index is 1380. The van der Waals surface area contributed by atoms with Crippen LogP contribution >= 0.6 is 11.6 Å². The highest BCUT2D eigenvalue weighted by atomic mass is 35.5. The molecule has 2 aliphatic rings. The van der Waals surface area contributed by atoms with E-state index < -0.39 is 17.0 Å². The van der Waals surface area contributed by atoms with E-state index in [0.717, 1.165) is 11.1 Å². The van der Waals surface area contributed by atoms with Crippen LogP contribution in [0.1, 0.15) is 49.3 Å². The molecule has 4 heterocycles. The topological polar surface area (TPSA) is 88.9 Å². The molecule has 0 bridgehead atoms. The third kappa shape index (κ3) is 5.82. The average Bonchev–Trinajstić information content (AvgIpc) is 3.25. The van der Waals surface area contributed by atoms with Crippen LogP contribution in [0.5, 0.6) is 0 Å². The first-order chi connectivity index (χ1) is 18.5. The number of hydrogen-bond acceptors (Lipinski definition) is 6. The Morgan fingerprint density at radius 3 is 2.59 bits per heavy atom. The second kappa shape index (κ2) is 10.5. The van der Waals surface area contributed by atoms with Gasteiger partial charge in [-0.3, -0.25) is 4.79 Å². The van der Waals surface area contributed by atoms with Crippen LogP contribution in [0.4, 0.5) is 10.2 Å². The second-order valence-corrected chi connectivity index (χ2v) is 11.7. The summed E-state index contributed by atoms with van der Waals surface area (Å²) in [6, 6.07) is 8.14. The molecule has 2 N–H and O–H groups in total. The highest BCUT2D eigenvalue weighted by molar-refractivity contribution is 6.33. The molecule has 8 nitrogen and oxygen atoms in total. The van der Waals surface area contributed by atoms with Crippen molar-refractivity contribution >= 4 is 23.3 Å². The van der Waals surface area contributed by atoms with Gasteiger partial charge in [0.05, 0.1) is 30.3 Å². The number of carbonyl (C=O) groups is 1. The van der Waals surface area contributed by atoms with Crippen molar-refractivity contribution in [3.05, 3.63) is 70.4 Å². The number of ether oxygens (including phenoxy) is 2. The fourth-order valence-corrected chi connectivity index (χ4v) is 5.41. The molecule has 1 saturated heterocycles. The Balaban J connectivity index is 1.56. The van der Waals surface area contributed by atoms with E-state index >= 15 is 0 Å². The minimum Gasteiger partial charge on any atom is -0.392 e. The summed E-state index contributed by atoms with van der Waals surface area (Å²) in [5.41, 5.74) is 2.62. The maximum absolute atomic E-state index is 14.2. The molecule has 2 aliphatic heterocycles. The van der Waals surface area contributed by atoms with Gasteiger partial charge in [0.15, 0.2) is 5.79 Å². The number of amides is 1. The number of fused-ring (bicyclic) bond motifs is 1. The highest BCUT2D eigenvalue weighted by Crippen LogP contribution is 2.38. The molecule has 5 rings (SSSR count). The minimum absolute atomic E-state index is 0.136. The predicted molar refractivity (Wildman–Crippen MR) is 147 cm³/mol. The van der Waals surface area contributed by atoms with Crippen LogP contribution < -0.4 is 5.32 Å². The lowest BCUT2D eigenvalue weighted by molar-refractivity contribution is -0.288. The van der Waals surface area contributed by atoms with E-state index in [1.807, 2.05) is 50.6 Å². The number of hydrogen-bond donors (Lipinski definition) is 2. The van der Waals surface area contributed by atoms with Gasteiger partial charge >= 0.3 is 0 Å². The fraction of sp³-hybridized carbons (Fsp3) is 0.448. The molecule has 1 aromatic carbocycles. The van der Waals surface area contributed by atoms with E-state index in [1.54, 1.807) is 17.2 Å². The number of aliphatic hydroxyl groups excluding tert-OH is 1. The molecule has 1 spiro atoms. The van der Waals surface area contributed by atoms with Crippen molar-refractivity contribution in [3.8, 4) is 11.1 Å². The third-order valence-electron chi connectivity index (χ3n) is 7.19. The monoisotopic (exact) mass is 556 g/mol. The molecule has 2 aromatic heterocycles. The van der Waals surface area contributed by atoms with Crippen molar-refractivity contribution in [2.24, 2.45) is 5.41 Å². The van der Waals surface area contributed by atoms with Crippen LogP contribution in [0, 0.1) is 11.2 Å². The quantitative estimate of drug-likeness (QED) is 0.440. The summed E-state index contributed by atoms with van der Waals surface area (Å²) in [4.78, 5) is 20.1. The number of aliphatic hydroxyl groups is 1. The molecular formula is C29H34ClFN4O4. The van der Waals surface area contributed by atoms with Crippen LogP contribution in [0.3, 0.4) is 0 Å². The van der Waals surface area contributed by atoms with Crippen LogP contribution in [-0.2, 0) is 29.2 Å². The zero-order valence-electron chi connectivity index (χ0n) is 22.6. The van der Waals surface area contributed by atoms with Gasteiger partial charge in [-0.15, -0.1) is 0 Å². The van der Waals surface area contributed by atoms with Crippen LogP contribution in [-0.4, -0.2) is 57.1 Å². The molecule has 1 amide bonds. The zero-order valence-corrected chi connectivity index (χ0v) is 23.4. The number of anilines is 1. The van der Waals surface area contributed by atoms with Gasteiger partial charge in [0.1, 0.15) is 17.3 Å². The van der Waals surface area contributed by atoms with Crippen molar-refractivity contribution in [1.82, 2.24) is 14.5 Å². The van der Waals surface area contributed by atoms with Gasteiger partial charge in [-0.25, -0.2) is 9.37 Å². The van der Waals surface area contributed by atoms with Crippen molar-refractivity contribution in [1.29, 1.82) is 0 Å². The van der Waals surface area contributed by atoms with Crippen molar-refractivity contribution in [3.63, 3.8) is 0 Å². The minimum atomic E-state index is -0.728. The molecule has 0 saturated carbocycles. The lowest BCUT2D eigenvalue weighted by Gasteiger charge is -2.44. The lowest BCUT2D eigenvalue weighted by Crippen LogP contribution is -2.53. The summed E-state index contributed by atoms with van der Waals surface area (Å²) in [7, 11) is 0. The zero-order chi connectivity index (χ0) is 27.9. The van der Waals surface area contributed by atoms with Gasteiger partial charge in [-0.2, -0.15) is 0 Å². The Kier molecular flexibility index (Phi) is 7.45. The molecule has 3 aromatic rings. The fourth-order valence-electron chi connectivity index (χ4n) is 5.20. The van der Waals surface area contributed by atoms with E-state index in [0.29, 0.717) is 54.0 Å². The predicted octanol–water partition coefficient (Wildman–Crippen LogP) is 5.08. The molecule has 0 atom stereocenters. The molecule has 0 radical (unpaired) electrons. The largest absolute Gasteiger partial charge is 0.392 e. The average molecular weight is 557 g/mol. The van der Waals surface area contributed by atoms with Gasteiger partial charge in [-0.05, 0) is 63.1 Å². The SMILES string of the molecule is CC(C)Nc1cc(-c2cc3n(c2)CC2(COC(C)(C)OC2)CN(Cc2cc(F)ccc2CO)C3=O)c(Cl)cn1. The summed E-state index contributed by atoms with van der Waals surface area (Å²) in [5, 5.41) is 13.6. The number of carbonyl (C=O) groups excluding carboxylic acids is 1. The third-order valence-corrected chi connectivity index (χ3v) is 7.49. The Morgan fingerprint density at radius 2 is 1.90 bits per heavy atom. The number of aromatic nitrogens is 2. The second-order valence-electron chi connectivity index (χ2n) is 11.3. The molecule has 208 valence electrons. The number of benzene rings is 1. The smallest absolute Gasteiger partial charge is 0.270 e. The Morgan fingerprint density at radius 1 is 1.15 bits per heavy atom. The van der Waals surface area contributed by atoms with E-state index in [1.165, 1.54) is 12.1 Å². The molecule has 39 heavy (non-hydrogen) atoms. The number of nitrogens with zero attached hydrogens (tertiary/aromatic N) is 3. The van der Waals surface area contributed by atoms with Gasteiger partial charge < -0.3 is 29.4 Å². The standard InChI is InChI=1S/C29H34ClFN4O4/c1-18(2)33-26-9-23(24(30)10-32-26)21-8-25-27(37)35(11-20-7-22(31)6-5-19(20)13-36)15-29(14-34(25)12-21)16-38-28(3,4)39-17-29/h5-10,12,18,36H,11,13-17H2,1-4H3,(H,32,33). The number of pyridine rings is 1. The first kappa shape index (κ1) is 27.6. The van der Waals surface area contributed by atoms with Gasteiger partial charge in [0.25, 0.3) is 5.91 Å². The maximum atomic E-state index is 14.2. The normalized spacial score (nSPS) is 18.4. The van der Waals surface area contributed by atoms with Gasteiger partial charge in [-0.1, -0.05) is 17.7 Å². The summed E-state index contributed by atoms with van der Waals surface area (Å²) < 4.78 is 28.3. The Hall–Kier alpha value is -2.98. The van der Waals surface area contributed by atoms with Crippen molar-refractivity contribution < 1.29 is 23.8 Å². The van der Waals surface area contributed by atoms with E-state index in [-0.39, 0.29) is 25.1 Å². The summed E-state index contributed by atoms with van der Waals surface area (Å²) in [5.74, 6) is -0.668. The summed E-state index contributed by atoms with van der Waals surface area (Å²) in [6.07, 6.45) is 3.53. The Labute approximate surface area is 232 Å². The van der Waals surface area contributed by atoms with Crippen LogP contribution in [0.25, 0.3) is 11.1 Å². The van der Waals surface area contributed by atoms with Crippen LogP contribution in [0.2, 0.25) is 5.02 Å². The van der Waals surface area contributed by atoms with E-state index in [9.17, 15) is 14.3 Å². The van der Waals surface area contributed by atoms with Gasteiger partial charge in [0, 0.05) is 49.2 Å². The number of halogens is 2.